The van der Waals surface area contributed by atoms with Gasteiger partial charge in [0.25, 0.3) is 5.91 Å². The largest absolute Gasteiger partial charge is 0.503 e. The minimum Gasteiger partial charge on any atom is -0.503 e. The number of aliphatic hydroxyl groups is 1. The quantitative estimate of drug-likeness (QED) is 0.803. The number of hydrogen-bond donors (Lipinski definition) is 1. The first-order valence-corrected chi connectivity index (χ1v) is 8.53. The van der Waals surface area contributed by atoms with Crippen molar-refractivity contribution < 1.29 is 19.4 Å². The molecule has 2 rings (SSSR count). The van der Waals surface area contributed by atoms with E-state index in [-0.39, 0.29) is 16.8 Å². The molecule has 25 heavy (non-hydrogen) atoms. The second kappa shape index (κ2) is 7.40. The van der Waals surface area contributed by atoms with Gasteiger partial charge in [0.05, 0.1) is 11.6 Å². The van der Waals surface area contributed by atoms with Gasteiger partial charge in [-0.15, -0.1) is 0 Å². The number of nitrogens with zero attached hydrogens (tertiary/aromatic N) is 1. The highest BCUT2D eigenvalue weighted by Gasteiger charge is 2.41. The minimum atomic E-state index is -0.545. The van der Waals surface area contributed by atoms with Gasteiger partial charge in [-0.2, -0.15) is 0 Å². The number of carbonyl (C=O) groups is 2. The summed E-state index contributed by atoms with van der Waals surface area (Å²) in [6.07, 6.45) is 0.636. The van der Waals surface area contributed by atoms with Crippen LogP contribution in [0, 0.1) is 0 Å². The van der Waals surface area contributed by atoms with Gasteiger partial charge in [0.2, 0.25) is 0 Å². The molecule has 1 aliphatic heterocycles. The lowest BCUT2D eigenvalue weighted by Crippen LogP contribution is -2.32. The molecule has 1 amide bonds. The van der Waals surface area contributed by atoms with Crippen LogP contribution in [-0.4, -0.2) is 42.0 Å². The number of Topliss-reactive ketones (excluding diaryl/α,β-unsaturated/α-hetero) is 1. The Bertz CT molecular complexity index is 683. The van der Waals surface area contributed by atoms with E-state index in [1.54, 1.807) is 12.0 Å². The van der Waals surface area contributed by atoms with E-state index < -0.39 is 17.7 Å². The Morgan fingerprint density at radius 2 is 1.84 bits per heavy atom. The number of ketones is 1. The average Bonchev–Trinajstić information content (AvgIpc) is 2.79. The molecule has 0 saturated heterocycles. The highest BCUT2D eigenvalue weighted by molar-refractivity contribution is 6.08. The molecule has 0 spiro atoms. The van der Waals surface area contributed by atoms with Crippen molar-refractivity contribution in [3.05, 3.63) is 46.7 Å². The molecule has 0 aromatic heterocycles. The summed E-state index contributed by atoms with van der Waals surface area (Å²) in [6, 6.07) is 7.35. The Labute approximate surface area is 149 Å². The molecule has 1 aromatic rings. The van der Waals surface area contributed by atoms with Crippen molar-refractivity contribution in [2.45, 2.75) is 45.6 Å². The number of ether oxygens (including phenoxy) is 1. The van der Waals surface area contributed by atoms with Crippen molar-refractivity contribution in [2.75, 3.05) is 20.3 Å². The Balaban J connectivity index is 2.40. The molecule has 1 heterocycles. The fraction of sp³-hybridized carbons (Fsp3) is 0.500. The summed E-state index contributed by atoms with van der Waals surface area (Å²) in [6.45, 7) is 8.70. The maximum Gasteiger partial charge on any atom is 0.290 e. The second-order valence-corrected chi connectivity index (χ2v) is 7.44. The van der Waals surface area contributed by atoms with Crippen molar-refractivity contribution in [2.24, 2.45) is 0 Å². The summed E-state index contributed by atoms with van der Waals surface area (Å²) in [5, 5.41) is 10.2. The molecular weight excluding hydrogens is 318 g/mol. The molecule has 1 aliphatic rings. The Morgan fingerprint density at radius 1 is 1.24 bits per heavy atom. The van der Waals surface area contributed by atoms with Crippen LogP contribution in [0.1, 0.15) is 51.3 Å². The highest BCUT2D eigenvalue weighted by Crippen LogP contribution is 2.38. The third-order valence-electron chi connectivity index (χ3n) is 4.52. The second-order valence-electron chi connectivity index (χ2n) is 7.44. The topological polar surface area (TPSA) is 66.8 Å². The average molecular weight is 345 g/mol. The highest BCUT2D eigenvalue weighted by atomic mass is 16.5. The third kappa shape index (κ3) is 3.93. The van der Waals surface area contributed by atoms with Crippen LogP contribution in [0.15, 0.2) is 35.6 Å². The van der Waals surface area contributed by atoms with Crippen LogP contribution < -0.4 is 0 Å². The molecule has 0 aliphatic carbocycles. The van der Waals surface area contributed by atoms with Crippen LogP contribution in [0.3, 0.4) is 0 Å². The van der Waals surface area contributed by atoms with Gasteiger partial charge in [0.15, 0.2) is 11.5 Å². The Hall–Kier alpha value is -2.14. The van der Waals surface area contributed by atoms with Gasteiger partial charge in [0.1, 0.15) is 0 Å². The van der Waals surface area contributed by atoms with Gasteiger partial charge >= 0.3 is 0 Å². The first-order chi connectivity index (χ1) is 11.7. The maximum absolute atomic E-state index is 12.4. The van der Waals surface area contributed by atoms with E-state index in [9.17, 15) is 14.7 Å². The predicted molar refractivity (Wildman–Crippen MR) is 96.4 cm³/mol. The number of hydrogen-bond acceptors (Lipinski definition) is 4. The van der Waals surface area contributed by atoms with Gasteiger partial charge in [-0.25, -0.2) is 0 Å². The van der Waals surface area contributed by atoms with E-state index >= 15 is 0 Å². The molecule has 0 radical (unpaired) electrons. The van der Waals surface area contributed by atoms with E-state index in [0.29, 0.717) is 19.6 Å². The fourth-order valence-electron chi connectivity index (χ4n) is 3.13. The number of amides is 1. The number of benzene rings is 1. The molecule has 5 heteroatoms. The molecule has 0 bridgehead atoms. The van der Waals surface area contributed by atoms with Crippen LogP contribution in [0.25, 0.3) is 0 Å². The smallest absolute Gasteiger partial charge is 0.290 e. The molecule has 0 unspecified atom stereocenters. The van der Waals surface area contributed by atoms with Crippen molar-refractivity contribution in [1.29, 1.82) is 0 Å². The van der Waals surface area contributed by atoms with E-state index in [2.05, 4.69) is 20.8 Å². The van der Waals surface area contributed by atoms with Gasteiger partial charge in [-0.1, -0.05) is 45.0 Å². The first kappa shape index (κ1) is 19.2. The molecule has 1 aromatic carbocycles. The zero-order valence-electron chi connectivity index (χ0n) is 15.6. The van der Waals surface area contributed by atoms with Gasteiger partial charge in [-0.3, -0.25) is 9.59 Å². The minimum absolute atomic E-state index is 0.0174. The lowest BCUT2D eigenvalue weighted by atomic mass is 9.85. The van der Waals surface area contributed by atoms with Crippen LogP contribution in [0.2, 0.25) is 0 Å². The fourth-order valence-corrected chi connectivity index (χ4v) is 3.13. The Morgan fingerprint density at radius 3 is 2.32 bits per heavy atom. The number of methoxy groups -OCH3 is 1. The molecule has 1 N–H and O–H groups in total. The summed E-state index contributed by atoms with van der Waals surface area (Å²) in [5.74, 6) is -1.22. The van der Waals surface area contributed by atoms with Gasteiger partial charge < -0.3 is 14.7 Å². The molecule has 1 atom stereocenters. The van der Waals surface area contributed by atoms with E-state index in [1.165, 1.54) is 12.5 Å². The summed E-state index contributed by atoms with van der Waals surface area (Å²) in [7, 11) is 1.60. The number of carbonyl (C=O) groups excluding carboxylic acids is 2. The first-order valence-electron chi connectivity index (χ1n) is 8.53. The van der Waals surface area contributed by atoms with Crippen molar-refractivity contribution >= 4 is 11.7 Å². The van der Waals surface area contributed by atoms with Crippen LogP contribution >= 0.6 is 0 Å². The zero-order chi connectivity index (χ0) is 18.8. The molecule has 0 fully saturated rings. The van der Waals surface area contributed by atoms with E-state index in [0.717, 1.165) is 5.56 Å². The van der Waals surface area contributed by atoms with Crippen molar-refractivity contribution in [1.82, 2.24) is 4.90 Å². The van der Waals surface area contributed by atoms with E-state index in [4.69, 9.17) is 4.74 Å². The number of aliphatic hydroxyl groups excluding tert-OH is 1. The third-order valence-corrected chi connectivity index (χ3v) is 4.52. The van der Waals surface area contributed by atoms with E-state index in [1.807, 2.05) is 24.3 Å². The SMILES string of the molecule is COCCCN1C(=O)C(O)=C(C(C)=O)[C@@H]1c1ccc(C(C)(C)C)cc1. The lowest BCUT2D eigenvalue weighted by molar-refractivity contribution is -0.129. The zero-order valence-corrected chi connectivity index (χ0v) is 15.6. The maximum atomic E-state index is 12.4. The number of rotatable bonds is 6. The van der Waals surface area contributed by atoms with Crippen molar-refractivity contribution in [3.63, 3.8) is 0 Å². The predicted octanol–water partition coefficient (Wildman–Crippen LogP) is 3.31. The Kier molecular flexibility index (Phi) is 5.68. The standard InChI is InChI=1S/C20H27NO4/c1-13(22)16-17(14-7-9-15(10-8-14)20(2,3)4)21(11-6-12-25-5)19(24)18(16)23/h7-10,17,23H,6,11-12H2,1-5H3/t17-/m0/s1. The summed E-state index contributed by atoms with van der Waals surface area (Å²) < 4.78 is 5.05. The van der Waals surface area contributed by atoms with Crippen LogP contribution in [-0.2, 0) is 19.7 Å². The monoisotopic (exact) mass is 345 g/mol. The lowest BCUT2D eigenvalue weighted by Gasteiger charge is -2.27. The molecule has 0 saturated carbocycles. The summed E-state index contributed by atoms with van der Waals surface area (Å²) >= 11 is 0. The van der Waals surface area contributed by atoms with Crippen LogP contribution in [0.5, 0.6) is 0 Å². The summed E-state index contributed by atoms with van der Waals surface area (Å²) in [5.41, 5.74) is 2.19. The van der Waals surface area contributed by atoms with Crippen molar-refractivity contribution in [3.8, 4) is 0 Å². The molecule has 136 valence electrons. The van der Waals surface area contributed by atoms with Crippen LogP contribution in [0.4, 0.5) is 0 Å². The normalized spacial score (nSPS) is 18.2. The van der Waals surface area contributed by atoms with Gasteiger partial charge in [0, 0.05) is 20.3 Å². The van der Waals surface area contributed by atoms with Gasteiger partial charge in [-0.05, 0) is 29.9 Å². The summed E-state index contributed by atoms with van der Waals surface area (Å²) in [4.78, 5) is 26.1. The molecule has 5 nitrogen and oxygen atoms in total. The molecular formula is C20H27NO4.